The predicted molar refractivity (Wildman–Crippen MR) is 109 cm³/mol. The molecule has 0 radical (unpaired) electrons. The first kappa shape index (κ1) is 21.3. The summed E-state index contributed by atoms with van der Waals surface area (Å²) in [6.45, 7) is 5.63. The molecule has 0 aliphatic heterocycles. The monoisotopic (exact) mass is 414 g/mol. The van der Waals surface area contributed by atoms with Gasteiger partial charge >= 0.3 is 5.51 Å². The normalized spacial score (nSPS) is 26.6. The number of hydrogen-bond donors (Lipinski definition) is 1. The first-order chi connectivity index (χ1) is 13.1. The highest BCUT2D eigenvalue weighted by molar-refractivity contribution is 8.00. The number of hydrogen-bond acceptors (Lipinski definition) is 4. The maximum absolute atomic E-state index is 12.9. The molecule has 2 aromatic heterocycles. The first-order valence-corrected chi connectivity index (χ1v) is 10.6. The molecule has 0 atom stereocenters. The number of nitrogens with zero attached hydrogens (tertiary/aromatic N) is 3. The molecule has 5 rings (SSSR count). The van der Waals surface area contributed by atoms with Crippen LogP contribution >= 0.6 is 11.8 Å². The summed E-state index contributed by atoms with van der Waals surface area (Å²) < 4.78 is 40.3. The number of thioether (sulfide) groups is 1. The Labute approximate surface area is 168 Å². The summed E-state index contributed by atoms with van der Waals surface area (Å²) in [6, 6.07) is 5.40. The number of pyridine rings is 1. The van der Waals surface area contributed by atoms with Crippen LogP contribution in [0.2, 0.25) is 0 Å². The number of fused-ring (bicyclic) bond motifs is 3. The van der Waals surface area contributed by atoms with Crippen molar-refractivity contribution in [2.24, 2.45) is 0 Å². The fourth-order valence-electron chi connectivity index (χ4n) is 4.78. The average molecular weight is 415 g/mol. The Morgan fingerprint density at radius 3 is 2.46 bits per heavy atom. The van der Waals surface area contributed by atoms with E-state index >= 15 is 0 Å². The smallest absolute Gasteiger partial charge is 0.364 e. The minimum Gasteiger partial charge on any atom is -0.364 e. The molecule has 0 unspecified atom stereocenters. The lowest BCUT2D eigenvalue weighted by Gasteiger charge is -2.63. The van der Waals surface area contributed by atoms with Crippen molar-refractivity contribution in [1.82, 2.24) is 14.5 Å². The van der Waals surface area contributed by atoms with Crippen LogP contribution in [0.3, 0.4) is 0 Å². The van der Waals surface area contributed by atoms with Gasteiger partial charge in [-0.15, -0.1) is 0 Å². The van der Waals surface area contributed by atoms with Crippen molar-refractivity contribution in [1.29, 1.82) is 0 Å². The molecular formula is C20H29F3N4S. The number of halogens is 3. The Kier molecular flexibility index (Phi) is 5.66. The average Bonchev–Trinajstić information content (AvgIpc) is 2.92. The van der Waals surface area contributed by atoms with E-state index in [0.29, 0.717) is 11.2 Å². The molecule has 0 saturated heterocycles. The molecule has 2 bridgehead atoms. The number of aromatic nitrogens is 2. The molecule has 8 heteroatoms. The van der Waals surface area contributed by atoms with E-state index in [4.69, 9.17) is 0 Å². The molecule has 3 saturated carbocycles. The number of aryl methyl sites for hydroxylation is 1. The van der Waals surface area contributed by atoms with Gasteiger partial charge in [-0.05, 0) is 77.0 Å². The SMILES string of the molecule is CC.Cc1nn2c(NC34CCCC(N(C)C)(C3)C4)cccc2c1SC(F)(F)F. The van der Waals surface area contributed by atoms with E-state index in [-0.39, 0.29) is 27.7 Å². The number of nitrogens with one attached hydrogen (secondary N) is 1. The van der Waals surface area contributed by atoms with Crippen molar-refractivity contribution < 1.29 is 13.2 Å². The summed E-state index contributed by atoms with van der Waals surface area (Å²) >= 11 is -0.0872. The van der Waals surface area contributed by atoms with Crippen LogP contribution in [0.25, 0.3) is 5.52 Å². The van der Waals surface area contributed by atoms with Crippen molar-refractivity contribution in [2.75, 3.05) is 19.4 Å². The van der Waals surface area contributed by atoms with E-state index in [0.717, 1.165) is 31.5 Å². The second kappa shape index (κ2) is 7.44. The van der Waals surface area contributed by atoms with Gasteiger partial charge < -0.3 is 10.2 Å². The van der Waals surface area contributed by atoms with Gasteiger partial charge in [0.05, 0.1) is 16.1 Å². The minimum absolute atomic E-state index is 0.0218. The van der Waals surface area contributed by atoms with Crippen molar-refractivity contribution in [2.45, 2.75) is 74.4 Å². The van der Waals surface area contributed by atoms with Crippen LogP contribution < -0.4 is 5.32 Å². The lowest BCUT2D eigenvalue weighted by Crippen LogP contribution is -2.69. The zero-order chi connectivity index (χ0) is 20.7. The molecule has 2 heterocycles. The van der Waals surface area contributed by atoms with E-state index in [1.807, 2.05) is 19.9 Å². The molecule has 1 N–H and O–H groups in total. The summed E-state index contributed by atoms with van der Waals surface area (Å²) in [7, 11) is 4.26. The van der Waals surface area contributed by atoms with Crippen LogP contribution in [-0.2, 0) is 0 Å². The number of rotatable bonds is 4. The van der Waals surface area contributed by atoms with Gasteiger partial charge in [0.1, 0.15) is 5.82 Å². The predicted octanol–water partition coefficient (Wildman–Crippen LogP) is 5.71. The van der Waals surface area contributed by atoms with Crippen molar-refractivity contribution in [3.05, 3.63) is 23.9 Å². The minimum atomic E-state index is -4.32. The summed E-state index contributed by atoms with van der Waals surface area (Å²) in [6.07, 6.45) is 5.58. The molecule has 28 heavy (non-hydrogen) atoms. The van der Waals surface area contributed by atoms with E-state index < -0.39 is 5.51 Å². The number of anilines is 1. The largest absolute Gasteiger partial charge is 0.446 e. The zero-order valence-electron chi connectivity index (χ0n) is 17.2. The highest BCUT2D eigenvalue weighted by atomic mass is 32.2. The fraction of sp³-hybridized carbons (Fsp3) is 0.650. The Morgan fingerprint density at radius 1 is 1.18 bits per heavy atom. The third-order valence-corrected chi connectivity index (χ3v) is 6.91. The third-order valence-electron chi connectivity index (χ3n) is 5.97. The third kappa shape index (κ3) is 3.73. The van der Waals surface area contributed by atoms with E-state index in [9.17, 15) is 13.2 Å². The molecule has 3 aliphatic rings. The topological polar surface area (TPSA) is 32.6 Å². The molecule has 156 valence electrons. The van der Waals surface area contributed by atoms with Crippen LogP contribution in [0.5, 0.6) is 0 Å². The Bertz CT molecular complexity index is 838. The van der Waals surface area contributed by atoms with Gasteiger partial charge in [0.15, 0.2) is 0 Å². The molecule has 0 aromatic carbocycles. The zero-order valence-corrected chi connectivity index (χ0v) is 18.0. The van der Waals surface area contributed by atoms with E-state index in [1.165, 1.54) is 6.42 Å². The summed E-state index contributed by atoms with van der Waals surface area (Å²) in [5.41, 5.74) is -3.14. The van der Waals surface area contributed by atoms with Gasteiger partial charge in [0.25, 0.3) is 0 Å². The van der Waals surface area contributed by atoms with Gasteiger partial charge in [0, 0.05) is 11.1 Å². The van der Waals surface area contributed by atoms with Gasteiger partial charge in [-0.1, -0.05) is 19.9 Å². The van der Waals surface area contributed by atoms with Crippen molar-refractivity contribution in [3.8, 4) is 0 Å². The van der Waals surface area contributed by atoms with E-state index in [1.54, 1.807) is 23.6 Å². The highest BCUT2D eigenvalue weighted by Gasteiger charge is 2.58. The van der Waals surface area contributed by atoms with Crippen LogP contribution in [0.15, 0.2) is 23.1 Å². The Morgan fingerprint density at radius 2 is 1.86 bits per heavy atom. The van der Waals surface area contributed by atoms with Crippen LogP contribution in [0.4, 0.5) is 19.0 Å². The Hall–Kier alpha value is -1.41. The molecule has 2 aromatic rings. The second-order valence-electron chi connectivity index (χ2n) is 7.90. The lowest BCUT2D eigenvalue weighted by molar-refractivity contribution is -0.0448. The second-order valence-corrected chi connectivity index (χ2v) is 8.98. The lowest BCUT2D eigenvalue weighted by atomic mass is 9.54. The highest BCUT2D eigenvalue weighted by Crippen LogP contribution is 2.55. The van der Waals surface area contributed by atoms with Gasteiger partial charge in [-0.2, -0.15) is 18.3 Å². The van der Waals surface area contributed by atoms with Crippen LogP contribution in [0, 0.1) is 6.92 Å². The van der Waals surface area contributed by atoms with Crippen LogP contribution in [-0.4, -0.2) is 45.2 Å². The summed E-state index contributed by atoms with van der Waals surface area (Å²) in [4.78, 5) is 2.50. The molecule has 4 nitrogen and oxygen atoms in total. The van der Waals surface area contributed by atoms with Gasteiger partial charge in [-0.25, -0.2) is 4.52 Å². The quantitative estimate of drug-likeness (QED) is 0.650. The van der Waals surface area contributed by atoms with Crippen molar-refractivity contribution in [3.63, 3.8) is 0 Å². The van der Waals surface area contributed by atoms with E-state index in [2.05, 4.69) is 29.4 Å². The maximum Gasteiger partial charge on any atom is 0.446 e. The molecule has 3 aliphatic carbocycles. The molecular weight excluding hydrogens is 385 g/mol. The summed E-state index contributed by atoms with van der Waals surface area (Å²) in [5.74, 6) is 0.772. The standard InChI is InChI=1S/C18H23F3N4S.C2H6/c1-12-15(26-18(19,20)21)13-6-4-7-14(25(13)23-12)22-16-8-5-9-17(10-16,11-16)24(2)3;1-2/h4,6-7,22H,5,8-11H2,1-3H3;1-2H3. The number of alkyl halides is 3. The maximum atomic E-state index is 12.9. The van der Waals surface area contributed by atoms with Crippen molar-refractivity contribution >= 4 is 23.1 Å². The fourth-order valence-corrected chi connectivity index (χ4v) is 5.46. The van der Waals surface area contributed by atoms with Crippen LogP contribution in [0.1, 0.15) is 51.6 Å². The first-order valence-electron chi connectivity index (χ1n) is 9.83. The summed E-state index contributed by atoms with van der Waals surface area (Å²) in [5, 5.41) is 8.02. The van der Waals surface area contributed by atoms with Gasteiger partial charge in [0.2, 0.25) is 0 Å². The van der Waals surface area contributed by atoms with Gasteiger partial charge in [-0.3, -0.25) is 0 Å². The Balaban J connectivity index is 0.00000109. The molecule has 0 spiro atoms. The molecule has 0 amide bonds. The molecule has 3 fully saturated rings.